The minimum atomic E-state index is -0.275. The van der Waals surface area contributed by atoms with Crippen LogP contribution in [0.4, 0.5) is 5.69 Å². The molecule has 0 bridgehead atoms. The third-order valence-electron chi connectivity index (χ3n) is 7.62. The lowest BCUT2D eigenvalue weighted by atomic mass is 9.81. The van der Waals surface area contributed by atoms with Crippen molar-refractivity contribution in [3.8, 4) is 11.6 Å². The van der Waals surface area contributed by atoms with Crippen LogP contribution in [0.25, 0.3) is 0 Å². The van der Waals surface area contributed by atoms with Gasteiger partial charge in [0.05, 0.1) is 31.0 Å². The molecule has 0 N–H and O–H groups in total. The van der Waals surface area contributed by atoms with Gasteiger partial charge in [-0.2, -0.15) is 0 Å². The van der Waals surface area contributed by atoms with Crippen molar-refractivity contribution in [3.63, 3.8) is 0 Å². The molecule has 2 aromatic carbocycles. The summed E-state index contributed by atoms with van der Waals surface area (Å²) in [5, 5.41) is 0. The van der Waals surface area contributed by atoms with Gasteiger partial charge in [-0.25, -0.2) is 4.98 Å². The lowest BCUT2D eigenvalue weighted by Crippen LogP contribution is -2.36. The Bertz CT molecular complexity index is 1440. The van der Waals surface area contributed by atoms with E-state index in [-0.39, 0.29) is 11.8 Å². The number of benzene rings is 2. The highest BCUT2D eigenvalue weighted by molar-refractivity contribution is 5.98. The molecule has 7 heteroatoms. The first-order valence-electron chi connectivity index (χ1n) is 14.7. The Morgan fingerprint density at radius 3 is 2.48 bits per heavy atom. The molecule has 0 fully saturated rings. The number of amides is 1. The minimum Gasteiger partial charge on any atom is -0.489 e. The molecule has 0 spiro atoms. The molecule has 1 amide bonds. The fraction of sp³-hybridized carbons (Fsp3) is 0.343. The van der Waals surface area contributed by atoms with Crippen molar-refractivity contribution in [1.82, 2.24) is 9.97 Å². The summed E-state index contributed by atoms with van der Waals surface area (Å²) >= 11 is 0. The van der Waals surface area contributed by atoms with Crippen LogP contribution in [0.3, 0.4) is 0 Å². The standard InChI is InChI=1S/C35H39N3O4/c1-25(2)32-17-16-28(22-36-32)38(23-27-15-18-34(37-21-27)41-20-19-40-3)35(39)31-13-7-12-30-29(31)11-8-14-33(30)42-24-26-9-5-4-6-10-26/h4-6,8-11,14-18,21-22,25,31H,7,12-13,19-20,23-24H2,1-3H3. The predicted octanol–water partition coefficient (Wildman–Crippen LogP) is 6.86. The molecule has 0 aliphatic heterocycles. The van der Waals surface area contributed by atoms with E-state index >= 15 is 0 Å². The number of fused-ring (bicyclic) bond motifs is 1. The summed E-state index contributed by atoms with van der Waals surface area (Å²) in [7, 11) is 1.64. The topological polar surface area (TPSA) is 73.8 Å². The van der Waals surface area contributed by atoms with Gasteiger partial charge in [-0.05, 0) is 65.6 Å². The van der Waals surface area contributed by atoms with Gasteiger partial charge in [0.2, 0.25) is 11.8 Å². The van der Waals surface area contributed by atoms with Gasteiger partial charge < -0.3 is 19.1 Å². The summed E-state index contributed by atoms with van der Waals surface area (Å²) in [5.74, 6) is 1.47. The summed E-state index contributed by atoms with van der Waals surface area (Å²) in [5.41, 5.74) is 5.97. The maximum atomic E-state index is 14.4. The average molecular weight is 566 g/mol. The first kappa shape index (κ1) is 29.3. The number of methoxy groups -OCH3 is 1. The van der Waals surface area contributed by atoms with Crippen LogP contribution >= 0.6 is 0 Å². The second kappa shape index (κ2) is 14.1. The molecule has 218 valence electrons. The van der Waals surface area contributed by atoms with E-state index in [0.29, 0.717) is 38.2 Å². The first-order chi connectivity index (χ1) is 20.5. The summed E-state index contributed by atoms with van der Waals surface area (Å²) in [4.78, 5) is 25.4. The smallest absolute Gasteiger partial charge is 0.234 e. The molecule has 42 heavy (non-hydrogen) atoms. The zero-order chi connectivity index (χ0) is 29.3. The van der Waals surface area contributed by atoms with E-state index in [1.807, 2.05) is 65.7 Å². The zero-order valence-electron chi connectivity index (χ0n) is 24.7. The van der Waals surface area contributed by atoms with E-state index in [9.17, 15) is 4.79 Å². The van der Waals surface area contributed by atoms with Gasteiger partial charge in [-0.1, -0.05) is 62.4 Å². The Balaban J connectivity index is 1.41. The predicted molar refractivity (Wildman–Crippen MR) is 164 cm³/mol. The fourth-order valence-electron chi connectivity index (χ4n) is 5.33. The van der Waals surface area contributed by atoms with Gasteiger partial charge in [0.1, 0.15) is 19.0 Å². The maximum Gasteiger partial charge on any atom is 0.234 e. The number of carbonyl (C=O) groups is 1. The number of pyridine rings is 2. The second-order valence-corrected chi connectivity index (χ2v) is 10.9. The van der Waals surface area contributed by atoms with Crippen LogP contribution in [0.2, 0.25) is 0 Å². The van der Waals surface area contributed by atoms with Crippen LogP contribution in [0.1, 0.15) is 66.5 Å². The van der Waals surface area contributed by atoms with Crippen molar-refractivity contribution in [2.75, 3.05) is 25.2 Å². The lowest BCUT2D eigenvalue weighted by Gasteiger charge is -2.32. The minimum absolute atomic E-state index is 0.0516. The van der Waals surface area contributed by atoms with E-state index in [4.69, 9.17) is 14.2 Å². The molecule has 1 aliphatic carbocycles. The van der Waals surface area contributed by atoms with Gasteiger partial charge in [0.25, 0.3) is 0 Å². The van der Waals surface area contributed by atoms with E-state index in [1.165, 1.54) is 0 Å². The number of aromatic nitrogens is 2. The Morgan fingerprint density at radius 1 is 0.905 bits per heavy atom. The van der Waals surface area contributed by atoms with Crippen molar-refractivity contribution in [2.45, 2.75) is 58.1 Å². The van der Waals surface area contributed by atoms with Crippen LogP contribution in [-0.4, -0.2) is 36.2 Å². The molecule has 0 radical (unpaired) electrons. The molecule has 2 aromatic heterocycles. The Kier molecular flexibility index (Phi) is 9.82. The maximum absolute atomic E-state index is 14.4. The normalized spacial score (nSPS) is 14.3. The van der Waals surface area contributed by atoms with Gasteiger partial charge in [-0.3, -0.25) is 9.78 Å². The highest BCUT2D eigenvalue weighted by Crippen LogP contribution is 2.39. The van der Waals surface area contributed by atoms with E-state index in [0.717, 1.165) is 58.6 Å². The van der Waals surface area contributed by atoms with Gasteiger partial charge in [0.15, 0.2) is 0 Å². The summed E-state index contributed by atoms with van der Waals surface area (Å²) in [6.45, 7) is 6.02. The quantitative estimate of drug-likeness (QED) is 0.175. The molecule has 1 unspecified atom stereocenters. The highest BCUT2D eigenvalue weighted by Gasteiger charge is 2.32. The Morgan fingerprint density at radius 2 is 1.76 bits per heavy atom. The van der Waals surface area contributed by atoms with Crippen LogP contribution in [-0.2, 0) is 29.1 Å². The first-order valence-corrected chi connectivity index (χ1v) is 14.7. The SMILES string of the molecule is COCCOc1ccc(CN(C(=O)C2CCCc3c(OCc4ccccc4)cccc32)c2ccc(C(C)C)nc2)cn1. The fourth-order valence-corrected chi connectivity index (χ4v) is 5.33. The number of ether oxygens (including phenoxy) is 3. The molecule has 0 saturated carbocycles. The molecular weight excluding hydrogens is 526 g/mol. The Labute approximate surface area is 248 Å². The summed E-state index contributed by atoms with van der Waals surface area (Å²) < 4.78 is 17.0. The largest absolute Gasteiger partial charge is 0.489 e. The second-order valence-electron chi connectivity index (χ2n) is 10.9. The third-order valence-corrected chi connectivity index (χ3v) is 7.62. The van der Waals surface area contributed by atoms with Crippen LogP contribution in [0.15, 0.2) is 85.2 Å². The monoisotopic (exact) mass is 565 g/mol. The van der Waals surface area contributed by atoms with Crippen molar-refractivity contribution in [3.05, 3.63) is 113 Å². The van der Waals surface area contributed by atoms with E-state index in [1.54, 1.807) is 13.3 Å². The molecule has 4 aromatic rings. The Hall–Kier alpha value is -4.23. The molecular formula is C35H39N3O4. The highest BCUT2D eigenvalue weighted by atomic mass is 16.5. The van der Waals surface area contributed by atoms with E-state index in [2.05, 4.69) is 42.0 Å². The molecule has 7 nitrogen and oxygen atoms in total. The van der Waals surface area contributed by atoms with Crippen molar-refractivity contribution in [1.29, 1.82) is 0 Å². The van der Waals surface area contributed by atoms with Crippen LogP contribution in [0, 0.1) is 0 Å². The number of rotatable bonds is 12. The number of hydrogen-bond acceptors (Lipinski definition) is 6. The van der Waals surface area contributed by atoms with Crippen molar-refractivity contribution >= 4 is 11.6 Å². The molecule has 5 rings (SSSR count). The van der Waals surface area contributed by atoms with Crippen molar-refractivity contribution in [2.24, 2.45) is 0 Å². The zero-order valence-corrected chi connectivity index (χ0v) is 24.7. The van der Waals surface area contributed by atoms with Crippen LogP contribution < -0.4 is 14.4 Å². The number of nitrogens with zero attached hydrogens (tertiary/aromatic N) is 3. The van der Waals surface area contributed by atoms with Gasteiger partial charge in [-0.15, -0.1) is 0 Å². The van der Waals surface area contributed by atoms with Crippen molar-refractivity contribution < 1.29 is 19.0 Å². The number of carbonyl (C=O) groups excluding carboxylic acids is 1. The molecule has 2 heterocycles. The molecule has 0 saturated heterocycles. The van der Waals surface area contributed by atoms with Gasteiger partial charge in [0, 0.05) is 25.1 Å². The lowest BCUT2D eigenvalue weighted by molar-refractivity contribution is -0.120. The number of hydrogen-bond donors (Lipinski definition) is 0. The number of anilines is 1. The van der Waals surface area contributed by atoms with Gasteiger partial charge >= 0.3 is 0 Å². The molecule has 1 atom stereocenters. The summed E-state index contributed by atoms with van der Waals surface area (Å²) in [6.07, 6.45) is 6.17. The van der Waals surface area contributed by atoms with E-state index < -0.39 is 0 Å². The summed E-state index contributed by atoms with van der Waals surface area (Å²) in [6, 6.07) is 24.1. The molecule has 1 aliphatic rings. The van der Waals surface area contributed by atoms with Crippen LogP contribution in [0.5, 0.6) is 11.6 Å². The third kappa shape index (κ3) is 7.15. The average Bonchev–Trinajstić information content (AvgIpc) is 3.03.